The van der Waals surface area contributed by atoms with Crippen molar-refractivity contribution in [3.05, 3.63) is 35.4 Å². The van der Waals surface area contributed by atoms with Crippen LogP contribution in [-0.4, -0.2) is 44.7 Å². The van der Waals surface area contributed by atoms with E-state index in [1.807, 2.05) is 0 Å². The fourth-order valence-electron chi connectivity index (χ4n) is 2.86. The second kappa shape index (κ2) is 10.7. The summed E-state index contributed by atoms with van der Waals surface area (Å²) in [5, 5.41) is 10.8. The Morgan fingerprint density at radius 3 is 2.12 bits per heavy atom. The lowest BCUT2D eigenvalue weighted by Gasteiger charge is -2.26. The van der Waals surface area contributed by atoms with Gasteiger partial charge in [0.05, 0.1) is 0 Å². The van der Waals surface area contributed by atoms with Crippen LogP contribution in [0.15, 0.2) is 24.3 Å². The minimum atomic E-state index is -3.81. The molecule has 0 aliphatic heterocycles. The summed E-state index contributed by atoms with van der Waals surface area (Å²) in [6.45, 7) is 14.1. The molecule has 0 bridgehead atoms. The van der Waals surface area contributed by atoms with Gasteiger partial charge < -0.3 is 14.8 Å². The first-order valence-electron chi connectivity index (χ1n) is 10.6. The third-order valence-electron chi connectivity index (χ3n) is 4.25. The van der Waals surface area contributed by atoms with Crippen LogP contribution in [0, 0.1) is 11.3 Å². The van der Waals surface area contributed by atoms with E-state index in [-0.39, 0.29) is 24.1 Å². The highest BCUT2D eigenvalue weighted by atomic mass is 31.2. The zero-order chi connectivity index (χ0) is 24.9. The monoisotopic (exact) mass is 469 g/mol. The molecule has 1 rings (SSSR count). The molecule has 0 saturated carbocycles. The van der Waals surface area contributed by atoms with E-state index in [0.717, 1.165) is 0 Å². The summed E-state index contributed by atoms with van der Waals surface area (Å²) in [7, 11) is -3.81. The molecule has 1 unspecified atom stereocenters. The van der Waals surface area contributed by atoms with Gasteiger partial charge in [0.2, 0.25) is 5.45 Å². The fourth-order valence-corrected chi connectivity index (χ4v) is 4.76. The third kappa shape index (κ3) is 9.63. The number of ether oxygens (including phenoxy) is 2. The topological polar surface area (TPSA) is 129 Å². The van der Waals surface area contributed by atoms with Crippen molar-refractivity contribution in [2.24, 2.45) is 5.92 Å². The Morgan fingerprint density at radius 2 is 1.62 bits per heavy atom. The van der Waals surface area contributed by atoms with Crippen LogP contribution in [0.1, 0.15) is 72.4 Å². The molecule has 32 heavy (non-hydrogen) atoms. The molecule has 0 aromatic heterocycles. The minimum Gasteiger partial charge on any atom is -0.459 e. The summed E-state index contributed by atoms with van der Waals surface area (Å²) in [5.74, 6) is -1.93. The lowest BCUT2D eigenvalue weighted by molar-refractivity contribution is -0.156. The zero-order valence-electron chi connectivity index (χ0n) is 20.4. The van der Waals surface area contributed by atoms with Crippen molar-refractivity contribution in [1.82, 2.24) is 5.32 Å². The Bertz CT molecular complexity index is 825. The van der Waals surface area contributed by atoms with Gasteiger partial charge in [-0.05, 0) is 52.7 Å². The summed E-state index contributed by atoms with van der Waals surface area (Å²) < 4.78 is 10.8. The smallest absolute Gasteiger partial charge is 0.407 e. The maximum atomic E-state index is 13.0. The van der Waals surface area contributed by atoms with Crippen LogP contribution in [0.2, 0.25) is 0 Å². The molecule has 0 aliphatic rings. The molecule has 0 radical (unpaired) electrons. The van der Waals surface area contributed by atoms with E-state index in [4.69, 9.17) is 14.9 Å². The first-order valence-corrected chi connectivity index (χ1v) is 12.5. The lowest BCUT2D eigenvalue weighted by Crippen LogP contribution is -2.32. The van der Waals surface area contributed by atoms with Gasteiger partial charge >= 0.3 is 19.8 Å². The average Bonchev–Trinajstić information content (AvgIpc) is 2.61. The molecule has 1 aromatic rings. The Hall–Kier alpha value is -2.02. The molecule has 0 fully saturated rings. The van der Waals surface area contributed by atoms with E-state index in [0.29, 0.717) is 11.1 Å². The molecule has 1 aromatic carbocycles. The van der Waals surface area contributed by atoms with Crippen LogP contribution in [0.25, 0.3) is 0 Å². The number of amides is 1. The molecule has 1 amide bonds. The third-order valence-corrected chi connectivity index (χ3v) is 6.41. The van der Waals surface area contributed by atoms with Crippen molar-refractivity contribution in [2.75, 3.05) is 6.16 Å². The second-order valence-corrected chi connectivity index (χ2v) is 12.4. The quantitative estimate of drug-likeness (QED) is 0.250. The first-order chi connectivity index (χ1) is 14.4. The molecule has 0 spiro atoms. The summed E-state index contributed by atoms with van der Waals surface area (Å²) in [6.07, 6.45) is -0.880. The van der Waals surface area contributed by atoms with Crippen LogP contribution >= 0.6 is 7.72 Å². The van der Waals surface area contributed by atoms with E-state index in [9.17, 15) is 19.4 Å². The van der Waals surface area contributed by atoms with Gasteiger partial charge in [-0.3, -0.25) is 10.2 Å². The van der Waals surface area contributed by atoms with Crippen LogP contribution in [-0.2, 0) is 20.8 Å². The maximum Gasteiger partial charge on any atom is 0.407 e. The van der Waals surface area contributed by atoms with Gasteiger partial charge in [-0.1, -0.05) is 38.1 Å². The number of alkyl carbamates (subject to hydrolysis) is 1. The minimum absolute atomic E-state index is 0.171. The zero-order valence-corrected chi connectivity index (χ0v) is 21.2. The summed E-state index contributed by atoms with van der Waals surface area (Å²) in [4.78, 5) is 46.2. The Balaban J connectivity index is 3.16. The van der Waals surface area contributed by atoms with E-state index in [1.165, 1.54) is 0 Å². The second-order valence-electron chi connectivity index (χ2n) is 10.1. The summed E-state index contributed by atoms with van der Waals surface area (Å²) in [6, 6.07) is 6.92. The predicted molar refractivity (Wildman–Crippen MR) is 127 cm³/mol. The molecular formula is C23H38N2O6P+. The molecular weight excluding hydrogens is 431 g/mol. The fraction of sp³-hybridized carbons (Fsp3) is 0.609. The summed E-state index contributed by atoms with van der Waals surface area (Å²) >= 11 is 0. The van der Waals surface area contributed by atoms with Crippen molar-refractivity contribution >= 4 is 25.2 Å². The summed E-state index contributed by atoms with van der Waals surface area (Å²) in [5.41, 5.74) is -0.326. The van der Waals surface area contributed by atoms with Gasteiger partial charge in [0, 0.05) is 12.5 Å². The highest BCUT2D eigenvalue weighted by Gasteiger charge is 2.47. The largest absolute Gasteiger partial charge is 0.459 e. The predicted octanol–water partition coefficient (Wildman–Crippen LogP) is 4.60. The highest BCUT2D eigenvalue weighted by molar-refractivity contribution is 7.81. The highest BCUT2D eigenvalue weighted by Crippen LogP contribution is 2.56. The SMILES string of the molecule is CC(C)C(=N)[P+](O)(O)CC(C(=O)OC(C)(C)C)c1cccc(CNC(=O)OC(C)(C)C)c1. The normalized spacial score (nSPS) is 13.5. The molecule has 8 nitrogen and oxygen atoms in total. The standard InChI is InChI=1S/C23H37N2O6P/c1-15(2)19(24)32(28,29)14-18(20(26)30-22(3,4)5)17-11-9-10-16(12-17)13-25-21(27)31-23(6,7)8/h9-12,15,18,24,28-29H,13-14H2,1-8H3/p+1. The van der Waals surface area contributed by atoms with Gasteiger partial charge in [-0.15, -0.1) is 0 Å². The van der Waals surface area contributed by atoms with Crippen LogP contribution in [0.4, 0.5) is 4.79 Å². The molecule has 4 N–H and O–H groups in total. The number of carbonyl (C=O) groups is 2. The van der Waals surface area contributed by atoms with E-state index >= 15 is 0 Å². The van der Waals surface area contributed by atoms with Crippen molar-refractivity contribution in [3.8, 4) is 0 Å². The molecule has 0 aliphatic carbocycles. The number of benzene rings is 1. The molecule has 0 heterocycles. The van der Waals surface area contributed by atoms with Crippen LogP contribution < -0.4 is 5.32 Å². The van der Waals surface area contributed by atoms with Gasteiger partial charge in [0.1, 0.15) is 23.3 Å². The van der Waals surface area contributed by atoms with Crippen molar-refractivity contribution in [1.29, 1.82) is 5.41 Å². The lowest BCUT2D eigenvalue weighted by atomic mass is 9.98. The number of nitrogens with one attached hydrogen (secondary N) is 2. The average molecular weight is 470 g/mol. The number of hydrogen-bond donors (Lipinski definition) is 4. The molecule has 1 atom stereocenters. The van der Waals surface area contributed by atoms with E-state index in [1.54, 1.807) is 79.7 Å². The van der Waals surface area contributed by atoms with Gasteiger partial charge in [-0.2, -0.15) is 0 Å². The first kappa shape index (κ1) is 28.0. The molecule has 180 valence electrons. The Kier molecular flexibility index (Phi) is 9.39. The van der Waals surface area contributed by atoms with Crippen molar-refractivity contribution in [2.45, 2.75) is 79.1 Å². The molecule has 9 heteroatoms. The van der Waals surface area contributed by atoms with Crippen LogP contribution in [0.5, 0.6) is 0 Å². The van der Waals surface area contributed by atoms with Crippen LogP contribution in [0.3, 0.4) is 0 Å². The maximum absolute atomic E-state index is 13.0. The molecule has 0 saturated heterocycles. The van der Waals surface area contributed by atoms with Crippen molar-refractivity contribution < 1.29 is 28.8 Å². The van der Waals surface area contributed by atoms with Gasteiger partial charge in [0.15, 0.2) is 0 Å². The van der Waals surface area contributed by atoms with Gasteiger partial charge in [-0.25, -0.2) is 14.6 Å². The number of esters is 1. The van der Waals surface area contributed by atoms with Crippen molar-refractivity contribution in [3.63, 3.8) is 0 Å². The number of rotatable bonds is 8. The van der Waals surface area contributed by atoms with Gasteiger partial charge in [0.25, 0.3) is 0 Å². The van der Waals surface area contributed by atoms with E-state index in [2.05, 4.69) is 5.32 Å². The number of hydrogen-bond acceptors (Lipinski definition) is 7. The van der Waals surface area contributed by atoms with E-state index < -0.39 is 36.9 Å². The Morgan fingerprint density at radius 1 is 1.06 bits per heavy atom. The Labute approximate surface area is 191 Å². The number of carbonyl (C=O) groups excluding carboxylic acids is 2.